The molecule has 104 valence electrons. The maximum absolute atomic E-state index is 12.1. The molecule has 0 saturated carbocycles. The van der Waals surface area contributed by atoms with E-state index in [-0.39, 0.29) is 5.75 Å². The summed E-state index contributed by atoms with van der Waals surface area (Å²) in [5.74, 6) is 5.03. The normalized spacial score (nSPS) is 12.2. The lowest BCUT2D eigenvalue weighted by Crippen LogP contribution is -2.17. The Morgan fingerprint density at radius 1 is 1.00 bits per heavy atom. The molecule has 0 fully saturated rings. The third-order valence-corrected chi connectivity index (χ3v) is 2.44. The van der Waals surface area contributed by atoms with Crippen LogP contribution in [-0.2, 0) is 0 Å². The van der Waals surface area contributed by atoms with Gasteiger partial charge in [-0.3, -0.25) is 4.98 Å². The number of hydrogen-bond donors (Lipinski definition) is 1. The number of hydrazone groups is 1. The van der Waals surface area contributed by atoms with E-state index in [1.54, 1.807) is 24.5 Å². The summed E-state index contributed by atoms with van der Waals surface area (Å²) in [6.07, 6.45) is -1.57. The van der Waals surface area contributed by atoms with Crippen LogP contribution >= 0.6 is 0 Å². The lowest BCUT2D eigenvalue weighted by atomic mass is 10.0. The molecule has 0 aliphatic carbocycles. The van der Waals surface area contributed by atoms with Crippen LogP contribution in [0.2, 0.25) is 0 Å². The van der Waals surface area contributed by atoms with Crippen molar-refractivity contribution in [2.75, 3.05) is 0 Å². The molecule has 1 aromatic carbocycles. The van der Waals surface area contributed by atoms with Crippen LogP contribution in [0.3, 0.4) is 0 Å². The van der Waals surface area contributed by atoms with Crippen molar-refractivity contribution in [1.82, 2.24) is 4.98 Å². The third kappa shape index (κ3) is 3.47. The highest BCUT2D eigenvalue weighted by Crippen LogP contribution is 2.23. The fourth-order valence-electron chi connectivity index (χ4n) is 1.64. The van der Waals surface area contributed by atoms with E-state index in [1.165, 1.54) is 24.3 Å². The molecular formula is C13H10F3N3O. The SMILES string of the molecule is N/N=C(\c1ccncc1)c1ccc(OC(F)(F)F)cc1. The zero-order valence-electron chi connectivity index (χ0n) is 10.1. The van der Waals surface area contributed by atoms with Gasteiger partial charge in [0.2, 0.25) is 0 Å². The topological polar surface area (TPSA) is 60.5 Å². The van der Waals surface area contributed by atoms with Gasteiger partial charge in [0.05, 0.1) is 5.71 Å². The number of benzene rings is 1. The van der Waals surface area contributed by atoms with Crippen molar-refractivity contribution in [2.45, 2.75) is 6.36 Å². The van der Waals surface area contributed by atoms with Gasteiger partial charge in [0.25, 0.3) is 0 Å². The van der Waals surface area contributed by atoms with Gasteiger partial charge >= 0.3 is 6.36 Å². The van der Waals surface area contributed by atoms with Crippen molar-refractivity contribution in [2.24, 2.45) is 10.9 Å². The first-order valence-corrected chi connectivity index (χ1v) is 5.54. The predicted molar refractivity (Wildman–Crippen MR) is 67.2 cm³/mol. The molecule has 0 unspecified atom stereocenters. The van der Waals surface area contributed by atoms with E-state index in [0.717, 1.165) is 0 Å². The van der Waals surface area contributed by atoms with Crippen LogP contribution in [-0.4, -0.2) is 17.1 Å². The highest BCUT2D eigenvalue weighted by molar-refractivity contribution is 6.12. The first-order chi connectivity index (χ1) is 9.49. The monoisotopic (exact) mass is 281 g/mol. The lowest BCUT2D eigenvalue weighted by Gasteiger charge is -2.10. The quantitative estimate of drug-likeness (QED) is 0.534. The van der Waals surface area contributed by atoms with Crippen molar-refractivity contribution in [1.29, 1.82) is 0 Å². The van der Waals surface area contributed by atoms with E-state index in [9.17, 15) is 13.2 Å². The molecule has 20 heavy (non-hydrogen) atoms. The molecule has 0 saturated heterocycles. The molecule has 2 rings (SSSR count). The van der Waals surface area contributed by atoms with Crippen LogP contribution in [0, 0.1) is 0 Å². The second kappa shape index (κ2) is 5.60. The zero-order valence-corrected chi connectivity index (χ0v) is 10.1. The average molecular weight is 281 g/mol. The Labute approximate surface area is 112 Å². The predicted octanol–water partition coefficient (Wildman–Crippen LogP) is 2.69. The van der Waals surface area contributed by atoms with Crippen molar-refractivity contribution in [3.8, 4) is 5.75 Å². The van der Waals surface area contributed by atoms with Crippen LogP contribution in [0.15, 0.2) is 53.9 Å². The number of rotatable bonds is 3. The van der Waals surface area contributed by atoms with Gasteiger partial charge in [-0.1, -0.05) is 0 Å². The molecule has 2 aromatic rings. The van der Waals surface area contributed by atoms with E-state index in [4.69, 9.17) is 5.84 Å². The Balaban J connectivity index is 2.25. The van der Waals surface area contributed by atoms with Crippen LogP contribution < -0.4 is 10.6 Å². The summed E-state index contributed by atoms with van der Waals surface area (Å²) in [6, 6.07) is 8.71. The van der Waals surface area contributed by atoms with Crippen LogP contribution in [0.25, 0.3) is 0 Å². The summed E-state index contributed by atoms with van der Waals surface area (Å²) in [7, 11) is 0. The van der Waals surface area contributed by atoms with Crippen LogP contribution in [0.5, 0.6) is 5.75 Å². The molecule has 0 radical (unpaired) electrons. The number of nitrogens with zero attached hydrogens (tertiary/aromatic N) is 2. The molecule has 0 aliphatic rings. The minimum atomic E-state index is -4.71. The average Bonchev–Trinajstić information content (AvgIpc) is 2.41. The molecule has 4 nitrogen and oxygen atoms in total. The highest BCUT2D eigenvalue weighted by Gasteiger charge is 2.31. The first kappa shape index (κ1) is 13.9. The van der Waals surface area contributed by atoms with Gasteiger partial charge in [-0.25, -0.2) is 0 Å². The Bertz CT molecular complexity index is 595. The molecule has 7 heteroatoms. The Morgan fingerprint density at radius 3 is 2.05 bits per heavy atom. The van der Waals surface area contributed by atoms with E-state index < -0.39 is 6.36 Å². The van der Waals surface area contributed by atoms with E-state index >= 15 is 0 Å². The molecule has 1 aromatic heterocycles. The van der Waals surface area contributed by atoms with Gasteiger partial charge in [0, 0.05) is 23.5 Å². The molecule has 0 spiro atoms. The van der Waals surface area contributed by atoms with Gasteiger partial charge in [0.15, 0.2) is 0 Å². The highest BCUT2D eigenvalue weighted by atomic mass is 19.4. The maximum atomic E-state index is 12.1. The zero-order chi connectivity index (χ0) is 14.6. The minimum Gasteiger partial charge on any atom is -0.406 e. The Hall–Kier alpha value is -2.57. The van der Waals surface area contributed by atoms with Crippen LogP contribution in [0.1, 0.15) is 11.1 Å². The van der Waals surface area contributed by atoms with Crippen molar-refractivity contribution in [3.05, 3.63) is 59.9 Å². The van der Waals surface area contributed by atoms with Crippen molar-refractivity contribution in [3.63, 3.8) is 0 Å². The number of pyridine rings is 1. The minimum absolute atomic E-state index is 0.299. The largest absolute Gasteiger partial charge is 0.573 e. The molecule has 0 aliphatic heterocycles. The Morgan fingerprint density at radius 2 is 1.55 bits per heavy atom. The van der Waals surface area contributed by atoms with Crippen LogP contribution in [0.4, 0.5) is 13.2 Å². The second-order valence-corrected chi connectivity index (χ2v) is 3.79. The number of ether oxygens (including phenoxy) is 1. The molecular weight excluding hydrogens is 271 g/mol. The van der Waals surface area contributed by atoms with Crippen molar-refractivity contribution < 1.29 is 17.9 Å². The number of halogens is 3. The lowest BCUT2D eigenvalue weighted by molar-refractivity contribution is -0.274. The fraction of sp³-hybridized carbons (Fsp3) is 0.0769. The summed E-state index contributed by atoms with van der Waals surface area (Å²) < 4.78 is 40.0. The summed E-state index contributed by atoms with van der Waals surface area (Å²) in [6.45, 7) is 0. The summed E-state index contributed by atoms with van der Waals surface area (Å²) >= 11 is 0. The van der Waals surface area contributed by atoms with Gasteiger partial charge < -0.3 is 10.6 Å². The first-order valence-electron chi connectivity index (χ1n) is 5.54. The number of aromatic nitrogens is 1. The van der Waals surface area contributed by atoms with Gasteiger partial charge in [-0.2, -0.15) is 5.10 Å². The standard InChI is InChI=1S/C13H10F3N3O/c14-13(15,16)20-11-3-1-9(2-4-11)12(19-17)10-5-7-18-8-6-10/h1-8H,17H2/b19-12-. The van der Waals surface area contributed by atoms with Gasteiger partial charge in [0.1, 0.15) is 5.75 Å². The third-order valence-electron chi connectivity index (χ3n) is 2.44. The number of hydrogen-bond acceptors (Lipinski definition) is 4. The fourth-order valence-corrected chi connectivity index (χ4v) is 1.64. The van der Waals surface area contributed by atoms with Gasteiger partial charge in [-0.15, -0.1) is 13.2 Å². The Kier molecular flexibility index (Phi) is 3.88. The summed E-state index contributed by atoms with van der Waals surface area (Å²) in [5.41, 5.74) is 1.74. The summed E-state index contributed by atoms with van der Waals surface area (Å²) in [5, 5.41) is 3.66. The van der Waals surface area contributed by atoms with Gasteiger partial charge in [-0.05, 0) is 36.4 Å². The van der Waals surface area contributed by atoms with E-state index in [1.807, 2.05) is 0 Å². The molecule has 0 atom stereocenters. The molecule has 2 N–H and O–H groups in total. The maximum Gasteiger partial charge on any atom is 0.573 e. The molecule has 1 heterocycles. The molecule has 0 bridgehead atoms. The molecule has 0 amide bonds. The smallest absolute Gasteiger partial charge is 0.406 e. The number of nitrogens with two attached hydrogens (primary N) is 1. The van der Waals surface area contributed by atoms with E-state index in [2.05, 4.69) is 14.8 Å². The second-order valence-electron chi connectivity index (χ2n) is 3.79. The number of alkyl halides is 3. The van der Waals surface area contributed by atoms with Crippen molar-refractivity contribution >= 4 is 5.71 Å². The van der Waals surface area contributed by atoms with E-state index in [0.29, 0.717) is 16.8 Å². The summed E-state index contributed by atoms with van der Waals surface area (Å²) in [4.78, 5) is 3.87.